The van der Waals surface area contributed by atoms with E-state index in [-0.39, 0.29) is 4.91 Å². The van der Waals surface area contributed by atoms with Crippen molar-refractivity contribution in [2.24, 2.45) is 0 Å². The molecule has 1 fully saturated rings. The number of hydrogen-bond donors (Lipinski definition) is 0. The molecule has 8 heteroatoms. The molecule has 2 heterocycles. The number of imide groups is 1. The van der Waals surface area contributed by atoms with E-state index in [1.807, 2.05) is 0 Å². The summed E-state index contributed by atoms with van der Waals surface area (Å²) in [6.45, 7) is 4.66. The van der Waals surface area contributed by atoms with E-state index in [0.29, 0.717) is 11.4 Å². The molecular weight excluding hydrogens is 383 g/mol. The SMILES string of the molecule is CC(C)(C)OC(=O)CN1C(=O)S/C(=C\c2cccn2-c2ccccc2F)C1=O. The summed E-state index contributed by atoms with van der Waals surface area (Å²) in [5.41, 5.74) is 0.148. The van der Waals surface area contributed by atoms with Gasteiger partial charge in [-0.05, 0) is 62.9 Å². The van der Waals surface area contributed by atoms with Crippen LogP contribution in [0.2, 0.25) is 0 Å². The summed E-state index contributed by atoms with van der Waals surface area (Å²) in [5.74, 6) is -1.65. The van der Waals surface area contributed by atoms with Crippen LogP contribution in [0.3, 0.4) is 0 Å². The highest BCUT2D eigenvalue weighted by molar-refractivity contribution is 8.18. The fraction of sp³-hybridized carbons (Fsp3) is 0.250. The predicted octanol–water partition coefficient (Wildman–Crippen LogP) is 3.99. The minimum absolute atomic E-state index is 0.157. The van der Waals surface area contributed by atoms with Gasteiger partial charge in [-0.3, -0.25) is 19.3 Å². The smallest absolute Gasteiger partial charge is 0.326 e. The van der Waals surface area contributed by atoms with Crippen molar-refractivity contribution in [2.45, 2.75) is 26.4 Å². The van der Waals surface area contributed by atoms with Gasteiger partial charge in [0.2, 0.25) is 0 Å². The third-order valence-corrected chi connectivity index (χ3v) is 4.66. The summed E-state index contributed by atoms with van der Waals surface area (Å²) in [5, 5.41) is -0.550. The Hall–Kier alpha value is -2.87. The zero-order chi connectivity index (χ0) is 20.5. The molecule has 1 aromatic heterocycles. The topological polar surface area (TPSA) is 68.6 Å². The average molecular weight is 402 g/mol. The summed E-state index contributed by atoms with van der Waals surface area (Å²) in [4.78, 5) is 37.7. The van der Waals surface area contributed by atoms with Crippen molar-refractivity contribution in [1.29, 1.82) is 0 Å². The Morgan fingerprint density at radius 3 is 2.57 bits per heavy atom. The molecule has 6 nitrogen and oxygen atoms in total. The number of rotatable bonds is 4. The van der Waals surface area contributed by atoms with Crippen LogP contribution in [0.15, 0.2) is 47.5 Å². The largest absolute Gasteiger partial charge is 0.459 e. The number of halogens is 1. The first-order valence-electron chi connectivity index (χ1n) is 8.55. The highest BCUT2D eigenvalue weighted by Gasteiger charge is 2.37. The first-order valence-corrected chi connectivity index (χ1v) is 9.37. The number of esters is 1. The van der Waals surface area contributed by atoms with E-state index in [9.17, 15) is 18.8 Å². The Labute approximate surface area is 166 Å². The first-order chi connectivity index (χ1) is 13.2. The maximum absolute atomic E-state index is 14.1. The third kappa shape index (κ3) is 4.33. The van der Waals surface area contributed by atoms with E-state index >= 15 is 0 Å². The molecule has 0 radical (unpaired) electrons. The highest BCUT2D eigenvalue weighted by atomic mass is 32.2. The number of aromatic nitrogens is 1. The number of para-hydroxylation sites is 1. The molecule has 1 saturated heterocycles. The van der Waals surface area contributed by atoms with E-state index in [0.717, 1.165) is 16.7 Å². The minimum Gasteiger partial charge on any atom is -0.459 e. The first kappa shape index (κ1) is 19.9. The fourth-order valence-corrected chi connectivity index (χ4v) is 3.47. The summed E-state index contributed by atoms with van der Waals surface area (Å²) in [6, 6.07) is 9.66. The number of ether oxygens (including phenoxy) is 1. The number of benzene rings is 1. The van der Waals surface area contributed by atoms with Gasteiger partial charge in [0.25, 0.3) is 11.1 Å². The second-order valence-electron chi connectivity index (χ2n) is 7.11. The summed E-state index contributed by atoms with van der Waals surface area (Å²) >= 11 is 0.732. The molecular formula is C20H19FN2O4S. The van der Waals surface area contributed by atoms with Crippen LogP contribution in [-0.2, 0) is 14.3 Å². The Balaban J connectivity index is 1.83. The van der Waals surface area contributed by atoms with Crippen molar-refractivity contribution >= 4 is 35.0 Å². The van der Waals surface area contributed by atoms with Crippen LogP contribution in [0.1, 0.15) is 26.5 Å². The molecule has 28 heavy (non-hydrogen) atoms. The van der Waals surface area contributed by atoms with Crippen molar-refractivity contribution in [1.82, 2.24) is 9.47 Å². The molecule has 3 rings (SSSR count). The summed E-state index contributed by atoms with van der Waals surface area (Å²) < 4.78 is 20.8. The molecule has 0 bridgehead atoms. The number of nitrogens with zero attached hydrogens (tertiary/aromatic N) is 2. The van der Waals surface area contributed by atoms with Crippen LogP contribution < -0.4 is 0 Å². The number of carbonyl (C=O) groups is 3. The maximum atomic E-state index is 14.1. The van der Waals surface area contributed by atoms with E-state index in [2.05, 4.69) is 0 Å². The molecule has 0 spiro atoms. The van der Waals surface area contributed by atoms with Crippen LogP contribution in [0.25, 0.3) is 11.8 Å². The lowest BCUT2D eigenvalue weighted by atomic mass is 10.2. The van der Waals surface area contributed by atoms with E-state index in [4.69, 9.17) is 4.74 Å². The quantitative estimate of drug-likeness (QED) is 0.571. The monoisotopic (exact) mass is 402 g/mol. The second-order valence-corrected chi connectivity index (χ2v) is 8.10. The van der Waals surface area contributed by atoms with Gasteiger partial charge < -0.3 is 9.30 Å². The normalized spacial score (nSPS) is 16.1. The van der Waals surface area contributed by atoms with Gasteiger partial charge in [0.15, 0.2) is 0 Å². The standard InChI is InChI=1S/C20H19FN2O4S/c1-20(2,3)27-17(24)12-23-18(25)16(28-19(23)26)11-13-7-6-10-22(13)15-9-5-4-8-14(15)21/h4-11H,12H2,1-3H3/b16-11-. The molecule has 0 unspecified atom stereocenters. The average Bonchev–Trinajstić information content (AvgIpc) is 3.14. The zero-order valence-electron chi connectivity index (χ0n) is 15.6. The molecule has 0 atom stereocenters. The Morgan fingerprint density at radius 1 is 1.18 bits per heavy atom. The van der Waals surface area contributed by atoms with Crippen molar-refractivity contribution in [2.75, 3.05) is 6.54 Å². The lowest BCUT2D eigenvalue weighted by Gasteiger charge is -2.21. The molecule has 1 aliphatic rings. The van der Waals surface area contributed by atoms with Crippen molar-refractivity contribution in [3.63, 3.8) is 0 Å². The van der Waals surface area contributed by atoms with Crippen molar-refractivity contribution in [3.05, 3.63) is 59.0 Å². The highest BCUT2D eigenvalue weighted by Crippen LogP contribution is 2.32. The summed E-state index contributed by atoms with van der Waals surface area (Å²) in [7, 11) is 0. The summed E-state index contributed by atoms with van der Waals surface area (Å²) in [6.07, 6.45) is 3.17. The molecule has 0 N–H and O–H groups in total. The zero-order valence-corrected chi connectivity index (χ0v) is 16.5. The molecule has 1 aliphatic heterocycles. The van der Waals surface area contributed by atoms with Crippen LogP contribution in [0, 0.1) is 5.82 Å². The minimum atomic E-state index is -0.713. The van der Waals surface area contributed by atoms with Gasteiger partial charge >= 0.3 is 5.97 Å². The molecule has 1 aromatic carbocycles. The number of thioether (sulfide) groups is 1. The van der Waals surface area contributed by atoms with Gasteiger partial charge in [0.05, 0.1) is 10.6 Å². The molecule has 2 aromatic rings. The van der Waals surface area contributed by atoms with Crippen LogP contribution in [0.4, 0.5) is 9.18 Å². The second kappa shape index (κ2) is 7.63. The van der Waals surface area contributed by atoms with Gasteiger partial charge in [-0.2, -0.15) is 0 Å². The molecule has 0 saturated carbocycles. The molecule has 2 amide bonds. The Bertz CT molecular complexity index is 975. The van der Waals surface area contributed by atoms with Gasteiger partial charge in [0, 0.05) is 11.9 Å². The fourth-order valence-electron chi connectivity index (χ4n) is 2.65. The van der Waals surface area contributed by atoms with Gasteiger partial charge in [0.1, 0.15) is 18.0 Å². The van der Waals surface area contributed by atoms with Gasteiger partial charge in [-0.1, -0.05) is 12.1 Å². The number of hydrogen-bond acceptors (Lipinski definition) is 5. The lowest BCUT2D eigenvalue weighted by Crippen LogP contribution is -2.37. The third-order valence-electron chi connectivity index (χ3n) is 3.75. The van der Waals surface area contributed by atoms with Crippen LogP contribution in [0.5, 0.6) is 0 Å². The van der Waals surface area contributed by atoms with Crippen molar-refractivity contribution in [3.8, 4) is 5.69 Å². The van der Waals surface area contributed by atoms with Crippen molar-refractivity contribution < 1.29 is 23.5 Å². The maximum Gasteiger partial charge on any atom is 0.326 e. The number of amides is 2. The molecule has 0 aliphatic carbocycles. The molecule has 146 valence electrons. The number of carbonyl (C=O) groups excluding carboxylic acids is 3. The Kier molecular flexibility index (Phi) is 5.42. The van der Waals surface area contributed by atoms with Gasteiger partial charge in [-0.15, -0.1) is 0 Å². The van der Waals surface area contributed by atoms with E-state index in [1.165, 1.54) is 12.1 Å². The van der Waals surface area contributed by atoms with E-state index in [1.54, 1.807) is 61.9 Å². The Morgan fingerprint density at radius 2 is 1.89 bits per heavy atom. The predicted molar refractivity (Wildman–Crippen MR) is 104 cm³/mol. The van der Waals surface area contributed by atoms with E-state index < -0.39 is 35.1 Å². The van der Waals surface area contributed by atoms with Crippen LogP contribution >= 0.6 is 11.8 Å². The lowest BCUT2D eigenvalue weighted by molar-refractivity contribution is -0.156. The van der Waals surface area contributed by atoms with Gasteiger partial charge in [-0.25, -0.2) is 4.39 Å². The van der Waals surface area contributed by atoms with Crippen LogP contribution in [-0.4, -0.2) is 38.7 Å².